The number of piperazine rings is 1. The lowest BCUT2D eigenvalue weighted by atomic mass is 9.94. The van der Waals surface area contributed by atoms with Gasteiger partial charge in [-0.3, -0.25) is 9.59 Å². The van der Waals surface area contributed by atoms with Crippen LogP contribution in [0.2, 0.25) is 0 Å². The number of aromatic nitrogens is 1. The Bertz CT molecular complexity index is 500. The molecule has 20 heavy (non-hydrogen) atoms. The van der Waals surface area contributed by atoms with E-state index in [1.165, 1.54) is 0 Å². The van der Waals surface area contributed by atoms with Gasteiger partial charge >= 0.3 is 0 Å². The standard InChI is InChI=1S/C14H19N3O3/c1-2-11-13(18)16-8-4-3-5-12(16)14(19)17(11)9-10-6-7-15-20-10/h6-7,11-12H,2-5,8-9H2,1H3. The summed E-state index contributed by atoms with van der Waals surface area (Å²) in [6, 6.07) is 1.08. The number of carbonyl (C=O) groups is 2. The van der Waals surface area contributed by atoms with Crippen molar-refractivity contribution in [2.24, 2.45) is 0 Å². The SMILES string of the molecule is CCC1C(=O)N2CCCCC2C(=O)N1Cc1ccno1. The molecule has 0 N–H and O–H groups in total. The first-order chi connectivity index (χ1) is 9.72. The summed E-state index contributed by atoms with van der Waals surface area (Å²) in [6.07, 6.45) is 4.95. The van der Waals surface area contributed by atoms with Crippen molar-refractivity contribution in [3.8, 4) is 0 Å². The highest BCUT2D eigenvalue weighted by atomic mass is 16.5. The van der Waals surface area contributed by atoms with Crippen molar-refractivity contribution in [1.29, 1.82) is 0 Å². The van der Waals surface area contributed by atoms with E-state index < -0.39 is 0 Å². The van der Waals surface area contributed by atoms with E-state index in [9.17, 15) is 9.59 Å². The van der Waals surface area contributed by atoms with Crippen molar-refractivity contribution < 1.29 is 14.1 Å². The van der Waals surface area contributed by atoms with Crippen LogP contribution in [0.25, 0.3) is 0 Å². The minimum atomic E-state index is -0.373. The molecule has 3 rings (SSSR count). The topological polar surface area (TPSA) is 66.7 Å². The van der Waals surface area contributed by atoms with Gasteiger partial charge in [-0.05, 0) is 25.7 Å². The van der Waals surface area contributed by atoms with Crippen molar-refractivity contribution in [3.05, 3.63) is 18.0 Å². The number of amides is 2. The molecule has 6 heteroatoms. The van der Waals surface area contributed by atoms with Gasteiger partial charge < -0.3 is 14.3 Å². The second-order valence-corrected chi connectivity index (χ2v) is 5.41. The molecule has 2 saturated heterocycles. The fraction of sp³-hybridized carbons (Fsp3) is 0.643. The summed E-state index contributed by atoms with van der Waals surface area (Å²) in [5.41, 5.74) is 0. The van der Waals surface area contributed by atoms with E-state index in [0.717, 1.165) is 19.3 Å². The number of fused-ring (bicyclic) bond motifs is 1. The van der Waals surface area contributed by atoms with Crippen molar-refractivity contribution >= 4 is 11.8 Å². The fourth-order valence-electron chi connectivity index (χ4n) is 3.20. The van der Waals surface area contributed by atoms with Crippen LogP contribution in [0.15, 0.2) is 16.8 Å². The Labute approximate surface area is 117 Å². The number of rotatable bonds is 3. The highest BCUT2D eigenvalue weighted by molar-refractivity contribution is 5.97. The van der Waals surface area contributed by atoms with Crippen molar-refractivity contribution in [1.82, 2.24) is 15.0 Å². The van der Waals surface area contributed by atoms with Gasteiger partial charge in [0, 0.05) is 12.6 Å². The van der Waals surface area contributed by atoms with Gasteiger partial charge in [0.1, 0.15) is 12.1 Å². The van der Waals surface area contributed by atoms with Gasteiger partial charge in [-0.1, -0.05) is 12.1 Å². The molecule has 2 fully saturated rings. The Morgan fingerprint density at radius 1 is 1.35 bits per heavy atom. The summed E-state index contributed by atoms with van der Waals surface area (Å²) in [4.78, 5) is 28.7. The van der Waals surface area contributed by atoms with Crippen LogP contribution in [0.5, 0.6) is 0 Å². The third-order valence-electron chi connectivity index (χ3n) is 4.22. The van der Waals surface area contributed by atoms with E-state index in [4.69, 9.17) is 4.52 Å². The Kier molecular flexibility index (Phi) is 3.46. The smallest absolute Gasteiger partial charge is 0.246 e. The lowest BCUT2D eigenvalue weighted by Crippen LogP contribution is -2.65. The number of carbonyl (C=O) groups excluding carboxylic acids is 2. The molecule has 0 bridgehead atoms. The van der Waals surface area contributed by atoms with Crippen LogP contribution in [0.3, 0.4) is 0 Å². The van der Waals surface area contributed by atoms with Crippen LogP contribution in [-0.2, 0) is 16.1 Å². The summed E-state index contributed by atoms with van der Waals surface area (Å²) >= 11 is 0. The molecular formula is C14H19N3O3. The lowest BCUT2D eigenvalue weighted by molar-refractivity contribution is -0.164. The molecule has 1 aromatic heterocycles. The average molecular weight is 277 g/mol. The molecular weight excluding hydrogens is 258 g/mol. The van der Waals surface area contributed by atoms with E-state index in [-0.39, 0.29) is 23.9 Å². The predicted octanol–water partition coefficient (Wildman–Crippen LogP) is 1.18. The Morgan fingerprint density at radius 2 is 2.20 bits per heavy atom. The van der Waals surface area contributed by atoms with Gasteiger partial charge in [0.2, 0.25) is 11.8 Å². The third-order valence-corrected chi connectivity index (χ3v) is 4.22. The zero-order valence-electron chi connectivity index (χ0n) is 11.6. The maximum atomic E-state index is 12.7. The van der Waals surface area contributed by atoms with Gasteiger partial charge in [0.05, 0.1) is 12.7 Å². The molecule has 2 aliphatic heterocycles. The number of nitrogens with zero attached hydrogens (tertiary/aromatic N) is 3. The van der Waals surface area contributed by atoms with Crippen LogP contribution in [-0.4, -0.2) is 45.4 Å². The molecule has 0 spiro atoms. The van der Waals surface area contributed by atoms with E-state index in [2.05, 4.69) is 5.16 Å². The number of piperidine rings is 1. The molecule has 6 nitrogen and oxygen atoms in total. The zero-order valence-corrected chi connectivity index (χ0v) is 11.6. The van der Waals surface area contributed by atoms with Gasteiger partial charge in [-0.15, -0.1) is 0 Å². The van der Waals surface area contributed by atoms with Crippen LogP contribution in [0, 0.1) is 0 Å². The molecule has 2 unspecified atom stereocenters. The van der Waals surface area contributed by atoms with Gasteiger partial charge in [0.25, 0.3) is 0 Å². The van der Waals surface area contributed by atoms with E-state index in [1.807, 2.05) is 6.92 Å². The monoisotopic (exact) mass is 277 g/mol. The van der Waals surface area contributed by atoms with E-state index in [0.29, 0.717) is 25.3 Å². The first-order valence-electron chi connectivity index (χ1n) is 7.23. The minimum absolute atomic E-state index is 0.0487. The highest BCUT2D eigenvalue weighted by Crippen LogP contribution is 2.28. The summed E-state index contributed by atoms with van der Waals surface area (Å²) in [6.45, 7) is 2.98. The van der Waals surface area contributed by atoms with Gasteiger partial charge in [-0.2, -0.15) is 0 Å². The second-order valence-electron chi connectivity index (χ2n) is 5.41. The Balaban J connectivity index is 1.86. The Hall–Kier alpha value is -1.85. The summed E-state index contributed by atoms with van der Waals surface area (Å²) < 4.78 is 5.08. The molecule has 0 aromatic carbocycles. The predicted molar refractivity (Wildman–Crippen MR) is 70.5 cm³/mol. The van der Waals surface area contributed by atoms with Crippen LogP contribution in [0.4, 0.5) is 0 Å². The largest absolute Gasteiger partial charge is 0.360 e. The van der Waals surface area contributed by atoms with Crippen LogP contribution >= 0.6 is 0 Å². The van der Waals surface area contributed by atoms with Crippen molar-refractivity contribution in [2.75, 3.05) is 6.54 Å². The molecule has 108 valence electrons. The normalized spacial score (nSPS) is 26.9. The molecule has 2 aliphatic rings. The van der Waals surface area contributed by atoms with E-state index in [1.54, 1.807) is 22.1 Å². The molecule has 0 radical (unpaired) electrons. The molecule has 3 heterocycles. The van der Waals surface area contributed by atoms with Gasteiger partial charge in [0.15, 0.2) is 5.76 Å². The quantitative estimate of drug-likeness (QED) is 0.832. The zero-order chi connectivity index (χ0) is 14.1. The molecule has 0 saturated carbocycles. The summed E-state index contributed by atoms with van der Waals surface area (Å²) in [5, 5.41) is 3.66. The number of hydrogen-bond donors (Lipinski definition) is 0. The first kappa shape index (κ1) is 13.1. The summed E-state index contributed by atoms with van der Waals surface area (Å²) in [7, 11) is 0. The van der Waals surface area contributed by atoms with Crippen LogP contribution < -0.4 is 0 Å². The second kappa shape index (κ2) is 5.26. The Morgan fingerprint density at radius 3 is 2.90 bits per heavy atom. The molecule has 2 atom stereocenters. The minimum Gasteiger partial charge on any atom is -0.360 e. The fourth-order valence-corrected chi connectivity index (χ4v) is 3.20. The maximum absolute atomic E-state index is 12.7. The number of hydrogen-bond acceptors (Lipinski definition) is 4. The lowest BCUT2D eigenvalue weighted by Gasteiger charge is -2.46. The van der Waals surface area contributed by atoms with E-state index >= 15 is 0 Å². The average Bonchev–Trinajstić information content (AvgIpc) is 2.98. The highest BCUT2D eigenvalue weighted by Gasteiger charge is 2.45. The van der Waals surface area contributed by atoms with Crippen LogP contribution in [0.1, 0.15) is 38.4 Å². The van der Waals surface area contributed by atoms with Crippen molar-refractivity contribution in [2.45, 2.75) is 51.2 Å². The molecule has 0 aliphatic carbocycles. The molecule has 1 aromatic rings. The summed E-state index contributed by atoms with van der Waals surface area (Å²) in [5.74, 6) is 0.748. The van der Waals surface area contributed by atoms with Crippen molar-refractivity contribution in [3.63, 3.8) is 0 Å². The first-order valence-corrected chi connectivity index (χ1v) is 7.23. The maximum Gasteiger partial charge on any atom is 0.246 e. The molecule has 2 amide bonds. The van der Waals surface area contributed by atoms with Gasteiger partial charge in [-0.25, -0.2) is 0 Å². The third kappa shape index (κ3) is 2.09.